The lowest BCUT2D eigenvalue weighted by Gasteiger charge is -2.17. The van der Waals surface area contributed by atoms with E-state index in [1.54, 1.807) is 6.20 Å². The summed E-state index contributed by atoms with van der Waals surface area (Å²) in [5, 5.41) is 15.5. The third kappa shape index (κ3) is 5.36. The fourth-order valence-corrected chi connectivity index (χ4v) is 3.94. The van der Waals surface area contributed by atoms with Crippen molar-refractivity contribution in [1.29, 1.82) is 0 Å². The Morgan fingerprint density at radius 3 is 2.58 bits per heavy atom. The molecule has 0 bridgehead atoms. The SMILES string of the molecule is CN(CCNc1nnc(-c2ccc3cnccc3c2)s1)Cc1ccc(C(F)(F)F)cc1. The first kappa shape index (κ1) is 21.2. The van der Waals surface area contributed by atoms with Crippen LogP contribution in [-0.4, -0.2) is 40.2 Å². The molecule has 0 aliphatic rings. The van der Waals surface area contributed by atoms with Crippen LogP contribution in [-0.2, 0) is 12.7 Å². The van der Waals surface area contributed by atoms with Crippen molar-refractivity contribution in [2.24, 2.45) is 0 Å². The topological polar surface area (TPSA) is 53.9 Å². The van der Waals surface area contributed by atoms with Gasteiger partial charge in [0, 0.05) is 43.0 Å². The number of aromatic nitrogens is 3. The van der Waals surface area contributed by atoms with Gasteiger partial charge < -0.3 is 10.2 Å². The number of pyridine rings is 1. The second kappa shape index (κ2) is 8.99. The summed E-state index contributed by atoms with van der Waals surface area (Å²) in [7, 11) is 1.93. The molecule has 2 aromatic carbocycles. The van der Waals surface area contributed by atoms with E-state index >= 15 is 0 Å². The Hall–Kier alpha value is -3.04. The smallest absolute Gasteiger partial charge is 0.359 e. The average Bonchev–Trinajstić information content (AvgIpc) is 3.22. The first-order valence-electron chi connectivity index (χ1n) is 9.65. The molecule has 4 rings (SSSR count). The third-order valence-corrected chi connectivity index (χ3v) is 5.75. The van der Waals surface area contributed by atoms with Crippen molar-refractivity contribution in [2.75, 3.05) is 25.5 Å². The van der Waals surface area contributed by atoms with Crippen LogP contribution in [0.25, 0.3) is 21.3 Å². The lowest BCUT2D eigenvalue weighted by Crippen LogP contribution is -2.24. The second-order valence-electron chi connectivity index (χ2n) is 7.21. The van der Waals surface area contributed by atoms with Crippen LogP contribution in [0.5, 0.6) is 0 Å². The number of anilines is 1. The van der Waals surface area contributed by atoms with E-state index in [2.05, 4.69) is 26.6 Å². The summed E-state index contributed by atoms with van der Waals surface area (Å²) in [6.07, 6.45) is -0.716. The molecule has 0 unspecified atom stereocenters. The van der Waals surface area contributed by atoms with Gasteiger partial charge in [-0.15, -0.1) is 10.2 Å². The van der Waals surface area contributed by atoms with Gasteiger partial charge in [-0.2, -0.15) is 13.2 Å². The number of nitrogens with one attached hydrogen (secondary N) is 1. The molecule has 9 heteroatoms. The molecule has 4 aromatic rings. The molecular weight excluding hydrogens is 423 g/mol. The van der Waals surface area contributed by atoms with E-state index in [9.17, 15) is 13.2 Å². The Bertz CT molecular complexity index is 1160. The quantitative estimate of drug-likeness (QED) is 0.419. The highest BCUT2D eigenvalue weighted by atomic mass is 32.1. The van der Waals surface area contributed by atoms with Crippen LogP contribution in [0, 0.1) is 0 Å². The fraction of sp³-hybridized carbons (Fsp3) is 0.227. The van der Waals surface area contributed by atoms with Gasteiger partial charge in [-0.05, 0) is 42.3 Å². The van der Waals surface area contributed by atoms with Gasteiger partial charge in [0.2, 0.25) is 5.13 Å². The molecule has 0 aliphatic heterocycles. The van der Waals surface area contributed by atoms with Crippen molar-refractivity contribution in [1.82, 2.24) is 20.1 Å². The Morgan fingerprint density at radius 2 is 1.81 bits per heavy atom. The first-order valence-corrected chi connectivity index (χ1v) is 10.5. The number of hydrogen-bond donors (Lipinski definition) is 1. The predicted molar refractivity (Wildman–Crippen MR) is 117 cm³/mol. The van der Waals surface area contributed by atoms with Crippen molar-refractivity contribution >= 4 is 27.2 Å². The van der Waals surface area contributed by atoms with E-state index < -0.39 is 11.7 Å². The van der Waals surface area contributed by atoms with Crippen LogP contribution >= 0.6 is 11.3 Å². The number of nitrogens with zero attached hydrogens (tertiary/aromatic N) is 4. The molecule has 0 saturated heterocycles. The molecule has 0 fully saturated rings. The van der Waals surface area contributed by atoms with Gasteiger partial charge in [-0.3, -0.25) is 4.98 Å². The summed E-state index contributed by atoms with van der Waals surface area (Å²) in [6.45, 7) is 1.92. The first-order chi connectivity index (χ1) is 14.9. The van der Waals surface area contributed by atoms with E-state index in [0.29, 0.717) is 19.6 Å². The van der Waals surface area contributed by atoms with Gasteiger partial charge in [-0.25, -0.2) is 0 Å². The summed E-state index contributed by atoms with van der Waals surface area (Å²) in [5.74, 6) is 0. The Labute approximate surface area is 181 Å². The standard InChI is InChI=1S/C22H20F3N5S/c1-30(14-15-2-6-19(7-3-15)22(23,24)25)11-10-27-21-29-28-20(31-21)17-4-5-18-13-26-9-8-16(18)12-17/h2-9,12-13H,10-11,14H2,1H3,(H,27,29). The highest BCUT2D eigenvalue weighted by Crippen LogP contribution is 2.30. The molecular formula is C22H20F3N5S. The normalized spacial score (nSPS) is 11.9. The molecule has 5 nitrogen and oxygen atoms in total. The monoisotopic (exact) mass is 443 g/mol. The maximum absolute atomic E-state index is 12.7. The lowest BCUT2D eigenvalue weighted by molar-refractivity contribution is -0.137. The van der Waals surface area contributed by atoms with Crippen LogP contribution < -0.4 is 5.32 Å². The van der Waals surface area contributed by atoms with Crippen molar-refractivity contribution < 1.29 is 13.2 Å². The molecule has 31 heavy (non-hydrogen) atoms. The number of rotatable bonds is 7. The van der Waals surface area contributed by atoms with Gasteiger partial charge in [-0.1, -0.05) is 35.6 Å². The Balaban J connectivity index is 1.29. The molecule has 160 valence electrons. The number of likely N-dealkylation sites (N-methyl/N-ethyl adjacent to an activating group) is 1. The van der Waals surface area contributed by atoms with Crippen molar-refractivity contribution in [3.05, 3.63) is 72.1 Å². The molecule has 2 heterocycles. The summed E-state index contributed by atoms with van der Waals surface area (Å²) < 4.78 is 38.0. The third-order valence-electron chi connectivity index (χ3n) is 4.82. The van der Waals surface area contributed by atoms with Gasteiger partial charge in [0.1, 0.15) is 5.01 Å². The molecule has 0 radical (unpaired) electrons. The molecule has 0 aliphatic carbocycles. The minimum absolute atomic E-state index is 0.563. The van der Waals surface area contributed by atoms with E-state index in [1.807, 2.05) is 36.3 Å². The molecule has 1 N–H and O–H groups in total. The minimum Gasteiger partial charge on any atom is -0.359 e. The van der Waals surface area contributed by atoms with Crippen molar-refractivity contribution in [3.63, 3.8) is 0 Å². The Morgan fingerprint density at radius 1 is 1.00 bits per heavy atom. The van der Waals surface area contributed by atoms with E-state index in [-0.39, 0.29) is 0 Å². The highest BCUT2D eigenvalue weighted by Gasteiger charge is 2.29. The lowest BCUT2D eigenvalue weighted by atomic mass is 10.1. The number of alkyl halides is 3. The molecule has 0 saturated carbocycles. The second-order valence-corrected chi connectivity index (χ2v) is 8.19. The summed E-state index contributed by atoms with van der Waals surface area (Å²) in [4.78, 5) is 6.16. The maximum atomic E-state index is 12.7. The maximum Gasteiger partial charge on any atom is 0.416 e. The minimum atomic E-state index is -4.31. The summed E-state index contributed by atoms with van der Waals surface area (Å²) in [6, 6.07) is 13.3. The number of halogens is 3. The Kier molecular flexibility index (Phi) is 6.15. The van der Waals surface area contributed by atoms with E-state index in [1.165, 1.54) is 23.5 Å². The van der Waals surface area contributed by atoms with Crippen LogP contribution in [0.15, 0.2) is 60.9 Å². The molecule has 2 aromatic heterocycles. The van der Waals surface area contributed by atoms with Crippen molar-refractivity contribution in [2.45, 2.75) is 12.7 Å². The van der Waals surface area contributed by atoms with E-state index in [0.717, 1.165) is 44.2 Å². The number of fused-ring (bicyclic) bond motifs is 1. The van der Waals surface area contributed by atoms with Gasteiger partial charge >= 0.3 is 6.18 Å². The van der Waals surface area contributed by atoms with Crippen molar-refractivity contribution in [3.8, 4) is 10.6 Å². The summed E-state index contributed by atoms with van der Waals surface area (Å²) in [5.41, 5.74) is 1.21. The zero-order valence-corrected chi connectivity index (χ0v) is 17.5. The zero-order chi connectivity index (χ0) is 21.8. The fourth-order valence-electron chi connectivity index (χ4n) is 3.17. The van der Waals surface area contributed by atoms with Gasteiger partial charge in [0.15, 0.2) is 0 Å². The van der Waals surface area contributed by atoms with Crippen LogP contribution in [0.3, 0.4) is 0 Å². The van der Waals surface area contributed by atoms with Crippen LogP contribution in [0.2, 0.25) is 0 Å². The number of hydrogen-bond acceptors (Lipinski definition) is 6. The molecule has 0 spiro atoms. The van der Waals surface area contributed by atoms with Crippen LogP contribution in [0.1, 0.15) is 11.1 Å². The largest absolute Gasteiger partial charge is 0.416 e. The van der Waals surface area contributed by atoms with Gasteiger partial charge in [0.05, 0.1) is 5.56 Å². The molecule has 0 atom stereocenters. The zero-order valence-electron chi connectivity index (χ0n) is 16.7. The average molecular weight is 443 g/mol. The highest BCUT2D eigenvalue weighted by molar-refractivity contribution is 7.18. The summed E-state index contributed by atoms with van der Waals surface area (Å²) >= 11 is 1.48. The van der Waals surface area contributed by atoms with Gasteiger partial charge in [0.25, 0.3) is 0 Å². The van der Waals surface area contributed by atoms with E-state index in [4.69, 9.17) is 0 Å². The molecule has 0 amide bonds. The van der Waals surface area contributed by atoms with Crippen LogP contribution in [0.4, 0.5) is 18.3 Å². The predicted octanol–water partition coefficient (Wildman–Crippen LogP) is 5.32. The number of benzene rings is 2.